The Kier molecular flexibility index (Phi) is 6.57. The van der Waals surface area contributed by atoms with Crippen molar-refractivity contribution in [2.75, 3.05) is 13.1 Å². The second kappa shape index (κ2) is 7.95. The lowest BCUT2D eigenvalue weighted by Gasteiger charge is -2.18. The van der Waals surface area contributed by atoms with Gasteiger partial charge in [-0.2, -0.15) is 0 Å². The molecule has 19 heavy (non-hydrogen) atoms. The summed E-state index contributed by atoms with van der Waals surface area (Å²) in [6, 6.07) is 8.56. The average Bonchev–Trinajstić information content (AvgIpc) is 2.40. The van der Waals surface area contributed by atoms with Crippen molar-refractivity contribution in [2.45, 2.75) is 33.6 Å². The number of carbonyl (C=O) groups excluding carboxylic acids is 1. The van der Waals surface area contributed by atoms with Crippen LogP contribution in [0, 0.1) is 11.8 Å². The molecule has 0 fully saturated rings. The van der Waals surface area contributed by atoms with Crippen LogP contribution in [0.2, 0.25) is 0 Å². The lowest BCUT2D eigenvalue weighted by Crippen LogP contribution is -2.38. The number of hydrogen-bond acceptors (Lipinski definition) is 2. The number of nitrogens with two attached hydrogens (primary N) is 1. The van der Waals surface area contributed by atoms with Gasteiger partial charge in [0.25, 0.3) is 0 Å². The molecule has 1 atom stereocenters. The van der Waals surface area contributed by atoms with Crippen LogP contribution in [-0.2, 0) is 17.6 Å². The number of amides is 1. The van der Waals surface area contributed by atoms with E-state index in [-0.39, 0.29) is 17.7 Å². The van der Waals surface area contributed by atoms with Crippen LogP contribution in [0.3, 0.4) is 0 Å². The molecule has 0 bridgehead atoms. The summed E-state index contributed by atoms with van der Waals surface area (Å²) in [4.78, 5) is 11.9. The Morgan fingerprint density at radius 1 is 1.21 bits per heavy atom. The molecule has 0 aliphatic carbocycles. The van der Waals surface area contributed by atoms with Crippen LogP contribution in [0.15, 0.2) is 24.3 Å². The van der Waals surface area contributed by atoms with Gasteiger partial charge in [-0.3, -0.25) is 4.79 Å². The Bertz CT molecular complexity index is 384. The zero-order valence-corrected chi connectivity index (χ0v) is 12.3. The predicted octanol–water partition coefficient (Wildman–Crippen LogP) is 2.14. The van der Waals surface area contributed by atoms with Crippen molar-refractivity contribution in [3.63, 3.8) is 0 Å². The van der Waals surface area contributed by atoms with E-state index in [4.69, 9.17) is 5.73 Å². The SMILES string of the molecule is CCc1ccc(CCNC(=O)C(CN)C(C)C)cc1. The molecule has 0 aromatic heterocycles. The molecular formula is C16H26N2O. The molecule has 0 radical (unpaired) electrons. The molecule has 0 aliphatic rings. The highest BCUT2D eigenvalue weighted by Gasteiger charge is 2.19. The van der Waals surface area contributed by atoms with Crippen molar-refractivity contribution in [2.24, 2.45) is 17.6 Å². The third-order valence-corrected chi connectivity index (χ3v) is 3.54. The molecule has 1 rings (SSSR count). The topological polar surface area (TPSA) is 55.1 Å². The Labute approximate surface area is 116 Å². The lowest BCUT2D eigenvalue weighted by atomic mass is 9.95. The van der Waals surface area contributed by atoms with Crippen LogP contribution in [0.25, 0.3) is 0 Å². The van der Waals surface area contributed by atoms with Crippen molar-refractivity contribution >= 4 is 5.91 Å². The van der Waals surface area contributed by atoms with Crippen molar-refractivity contribution in [1.29, 1.82) is 0 Å². The summed E-state index contributed by atoms with van der Waals surface area (Å²) >= 11 is 0. The molecule has 0 spiro atoms. The molecule has 106 valence electrons. The summed E-state index contributed by atoms with van der Waals surface area (Å²) in [6.45, 7) is 7.29. The maximum atomic E-state index is 11.9. The van der Waals surface area contributed by atoms with E-state index < -0.39 is 0 Å². The fraction of sp³-hybridized carbons (Fsp3) is 0.562. The second-order valence-corrected chi connectivity index (χ2v) is 5.30. The van der Waals surface area contributed by atoms with E-state index in [0.717, 1.165) is 12.8 Å². The first-order valence-corrected chi connectivity index (χ1v) is 7.14. The Morgan fingerprint density at radius 2 is 1.79 bits per heavy atom. The summed E-state index contributed by atoms with van der Waals surface area (Å²) < 4.78 is 0. The van der Waals surface area contributed by atoms with Gasteiger partial charge in [-0.05, 0) is 29.9 Å². The van der Waals surface area contributed by atoms with Gasteiger partial charge < -0.3 is 11.1 Å². The molecule has 3 heteroatoms. The van der Waals surface area contributed by atoms with E-state index in [2.05, 4.69) is 36.5 Å². The van der Waals surface area contributed by atoms with Gasteiger partial charge in [-0.15, -0.1) is 0 Å². The van der Waals surface area contributed by atoms with Gasteiger partial charge in [0.1, 0.15) is 0 Å². The van der Waals surface area contributed by atoms with Crippen LogP contribution in [0.4, 0.5) is 0 Å². The van der Waals surface area contributed by atoms with E-state index in [0.29, 0.717) is 13.1 Å². The third kappa shape index (κ3) is 5.03. The van der Waals surface area contributed by atoms with Gasteiger partial charge in [-0.1, -0.05) is 45.0 Å². The minimum atomic E-state index is -0.0810. The maximum Gasteiger partial charge on any atom is 0.224 e. The number of rotatable bonds is 7. The monoisotopic (exact) mass is 262 g/mol. The second-order valence-electron chi connectivity index (χ2n) is 5.30. The number of nitrogens with one attached hydrogen (secondary N) is 1. The minimum Gasteiger partial charge on any atom is -0.355 e. The quantitative estimate of drug-likeness (QED) is 0.791. The lowest BCUT2D eigenvalue weighted by molar-refractivity contribution is -0.125. The highest BCUT2D eigenvalue weighted by molar-refractivity contribution is 5.79. The molecule has 0 aliphatic heterocycles. The van der Waals surface area contributed by atoms with Crippen LogP contribution in [0.5, 0.6) is 0 Å². The first-order valence-electron chi connectivity index (χ1n) is 7.14. The standard InChI is InChI=1S/C16H26N2O/c1-4-13-5-7-14(8-6-13)9-10-18-16(19)15(11-17)12(2)3/h5-8,12,15H,4,9-11,17H2,1-3H3,(H,18,19). The molecule has 1 amide bonds. The molecule has 0 saturated carbocycles. The van der Waals surface area contributed by atoms with Gasteiger partial charge >= 0.3 is 0 Å². The van der Waals surface area contributed by atoms with Gasteiger partial charge in [0.15, 0.2) is 0 Å². The highest BCUT2D eigenvalue weighted by Crippen LogP contribution is 2.09. The van der Waals surface area contributed by atoms with Crippen molar-refractivity contribution in [3.8, 4) is 0 Å². The van der Waals surface area contributed by atoms with E-state index >= 15 is 0 Å². The van der Waals surface area contributed by atoms with E-state index in [1.807, 2.05) is 13.8 Å². The number of carbonyl (C=O) groups is 1. The largest absolute Gasteiger partial charge is 0.355 e. The number of hydrogen-bond donors (Lipinski definition) is 2. The Balaban J connectivity index is 2.38. The summed E-state index contributed by atoms with van der Waals surface area (Å²) in [7, 11) is 0. The minimum absolute atomic E-state index is 0.0719. The van der Waals surface area contributed by atoms with E-state index in [1.165, 1.54) is 11.1 Å². The molecule has 1 unspecified atom stereocenters. The van der Waals surface area contributed by atoms with Crippen molar-refractivity contribution < 1.29 is 4.79 Å². The zero-order chi connectivity index (χ0) is 14.3. The van der Waals surface area contributed by atoms with Gasteiger partial charge in [0, 0.05) is 13.1 Å². The van der Waals surface area contributed by atoms with Crippen LogP contribution >= 0.6 is 0 Å². The average molecular weight is 262 g/mol. The highest BCUT2D eigenvalue weighted by atomic mass is 16.1. The molecule has 0 saturated heterocycles. The summed E-state index contributed by atoms with van der Waals surface area (Å²) in [5.41, 5.74) is 8.23. The molecular weight excluding hydrogens is 236 g/mol. The molecule has 0 heterocycles. The summed E-state index contributed by atoms with van der Waals surface area (Å²) in [5.74, 6) is 0.277. The Hall–Kier alpha value is -1.35. The van der Waals surface area contributed by atoms with Crippen molar-refractivity contribution in [1.82, 2.24) is 5.32 Å². The Morgan fingerprint density at radius 3 is 2.26 bits per heavy atom. The molecule has 3 N–H and O–H groups in total. The smallest absolute Gasteiger partial charge is 0.224 e. The fourth-order valence-electron chi connectivity index (χ4n) is 2.08. The molecule has 1 aromatic carbocycles. The van der Waals surface area contributed by atoms with Gasteiger partial charge in [0.05, 0.1) is 5.92 Å². The van der Waals surface area contributed by atoms with Gasteiger partial charge in [0.2, 0.25) is 5.91 Å². The predicted molar refractivity (Wildman–Crippen MR) is 79.9 cm³/mol. The van der Waals surface area contributed by atoms with Gasteiger partial charge in [-0.25, -0.2) is 0 Å². The summed E-state index contributed by atoms with van der Waals surface area (Å²) in [5, 5.41) is 2.97. The zero-order valence-electron chi connectivity index (χ0n) is 12.3. The van der Waals surface area contributed by atoms with Crippen molar-refractivity contribution in [3.05, 3.63) is 35.4 Å². The first-order chi connectivity index (χ1) is 9.08. The normalized spacial score (nSPS) is 12.5. The van der Waals surface area contributed by atoms with Crippen LogP contribution in [-0.4, -0.2) is 19.0 Å². The maximum absolute atomic E-state index is 11.9. The third-order valence-electron chi connectivity index (χ3n) is 3.54. The first kappa shape index (κ1) is 15.7. The van der Waals surface area contributed by atoms with Crippen LogP contribution < -0.4 is 11.1 Å². The summed E-state index contributed by atoms with van der Waals surface area (Å²) in [6.07, 6.45) is 1.93. The number of aryl methyl sites for hydroxylation is 1. The fourth-order valence-corrected chi connectivity index (χ4v) is 2.08. The molecule has 1 aromatic rings. The molecule has 3 nitrogen and oxygen atoms in total. The van der Waals surface area contributed by atoms with E-state index in [1.54, 1.807) is 0 Å². The number of benzene rings is 1. The van der Waals surface area contributed by atoms with E-state index in [9.17, 15) is 4.79 Å². The van der Waals surface area contributed by atoms with Crippen LogP contribution in [0.1, 0.15) is 31.9 Å².